The molecule has 2 aromatic rings. The van der Waals surface area contributed by atoms with Gasteiger partial charge in [0, 0.05) is 12.0 Å². The zero-order chi connectivity index (χ0) is 21.3. The van der Waals surface area contributed by atoms with E-state index in [1.54, 1.807) is 13.8 Å². The van der Waals surface area contributed by atoms with Crippen molar-refractivity contribution < 1.29 is 18.9 Å². The lowest BCUT2D eigenvalue weighted by molar-refractivity contribution is 0.0782. The van der Waals surface area contributed by atoms with Crippen molar-refractivity contribution in [3.05, 3.63) is 39.5 Å². The average Bonchev–Trinajstić information content (AvgIpc) is 3.33. The second kappa shape index (κ2) is 8.31. The van der Waals surface area contributed by atoms with Gasteiger partial charge in [-0.3, -0.25) is 4.79 Å². The van der Waals surface area contributed by atoms with Crippen LogP contribution < -0.4 is 16.2 Å². The summed E-state index contributed by atoms with van der Waals surface area (Å²) in [6.07, 6.45) is 5.80. The quantitative estimate of drug-likeness (QED) is 0.582. The highest BCUT2D eigenvalue weighted by molar-refractivity contribution is 7.85. The number of anilines is 1. The summed E-state index contributed by atoms with van der Waals surface area (Å²) in [4.78, 5) is 26.9. The van der Waals surface area contributed by atoms with Gasteiger partial charge in [0.15, 0.2) is 5.78 Å². The third-order valence-corrected chi connectivity index (χ3v) is 7.19. The zero-order valence-electron chi connectivity index (χ0n) is 16.3. The van der Waals surface area contributed by atoms with Gasteiger partial charge in [0.1, 0.15) is 25.8 Å². The van der Waals surface area contributed by atoms with Crippen molar-refractivity contribution in [2.24, 2.45) is 10.9 Å². The van der Waals surface area contributed by atoms with Crippen LogP contribution in [-0.4, -0.2) is 26.1 Å². The van der Waals surface area contributed by atoms with Crippen LogP contribution >= 0.6 is 11.3 Å². The first-order valence-corrected chi connectivity index (χ1v) is 11.2. The number of nitrogens with one attached hydrogen (secondary N) is 1. The molecule has 0 radical (unpaired) electrons. The fourth-order valence-electron chi connectivity index (χ4n) is 3.59. The number of nitrogens with zero attached hydrogens (tertiary/aromatic N) is 1. The summed E-state index contributed by atoms with van der Waals surface area (Å²) >= 11 is 1.16. The summed E-state index contributed by atoms with van der Waals surface area (Å²) in [6, 6.07) is 1.54. The molecule has 0 saturated heterocycles. The normalized spacial score (nSPS) is 15.9. The standard InChI is InChI=1S/C13H14N2O2.C6H10N2O2S2/c14-13(17)15-12-9-3-1-2-7(9)6-8-4-5-10(16)11(8)12;1-6(2,9)5-8-3-4(11-5)12(7)10/h6H,1-5H2,(H3,14,15,17);3,9H,7H2,1-2H3. The molecule has 1 unspecified atom stereocenters. The molecule has 2 amide bonds. The number of aryl methyl sites for hydroxylation is 2. The molecule has 0 bridgehead atoms. The van der Waals surface area contributed by atoms with Crippen molar-refractivity contribution in [2.75, 3.05) is 5.32 Å². The number of Topliss-reactive ketones (excluding diaryl/α,β-unsaturated/α-hetero) is 1. The van der Waals surface area contributed by atoms with E-state index in [0.717, 1.165) is 48.1 Å². The summed E-state index contributed by atoms with van der Waals surface area (Å²) < 4.78 is 11.2. The minimum Gasteiger partial charge on any atom is -0.383 e. The van der Waals surface area contributed by atoms with Crippen LogP contribution in [0.1, 0.15) is 58.7 Å². The third kappa shape index (κ3) is 4.72. The first-order chi connectivity index (χ1) is 13.6. The van der Waals surface area contributed by atoms with Crippen LogP contribution in [0.4, 0.5) is 10.5 Å². The number of aliphatic hydroxyl groups is 1. The van der Waals surface area contributed by atoms with E-state index in [4.69, 9.17) is 10.9 Å². The van der Waals surface area contributed by atoms with Crippen molar-refractivity contribution in [1.82, 2.24) is 4.98 Å². The number of primary amides is 1. The van der Waals surface area contributed by atoms with Gasteiger partial charge in [0.25, 0.3) is 0 Å². The molecule has 156 valence electrons. The maximum absolute atomic E-state index is 11.9. The van der Waals surface area contributed by atoms with Crippen molar-refractivity contribution in [1.29, 1.82) is 0 Å². The van der Waals surface area contributed by atoms with Crippen LogP contribution in [0.5, 0.6) is 0 Å². The Morgan fingerprint density at radius 2 is 2.00 bits per heavy atom. The number of benzene rings is 1. The molecule has 2 aliphatic carbocycles. The van der Waals surface area contributed by atoms with Crippen molar-refractivity contribution in [3.63, 3.8) is 0 Å². The molecule has 8 nitrogen and oxygen atoms in total. The molecule has 6 N–H and O–H groups in total. The Bertz CT molecular complexity index is 995. The van der Waals surface area contributed by atoms with Crippen LogP contribution in [0.15, 0.2) is 16.5 Å². The topological polar surface area (TPSA) is 148 Å². The highest BCUT2D eigenvalue weighted by Crippen LogP contribution is 2.38. The monoisotopic (exact) mass is 436 g/mol. The summed E-state index contributed by atoms with van der Waals surface area (Å²) in [5, 5.41) is 17.8. The van der Waals surface area contributed by atoms with Gasteiger partial charge in [0.05, 0.1) is 11.9 Å². The van der Waals surface area contributed by atoms with Gasteiger partial charge in [0.2, 0.25) is 0 Å². The minimum atomic E-state index is -1.50. The van der Waals surface area contributed by atoms with Crippen molar-refractivity contribution >= 4 is 39.8 Å². The SMILES string of the molecule is CC(C)(O)c1ncc(S(N)=O)s1.NC(=O)Nc1c2c(cc3c1C(=O)CC3)CCC2. The van der Waals surface area contributed by atoms with Crippen LogP contribution in [-0.2, 0) is 35.8 Å². The van der Waals surface area contributed by atoms with E-state index < -0.39 is 22.6 Å². The molecule has 29 heavy (non-hydrogen) atoms. The summed E-state index contributed by atoms with van der Waals surface area (Å²) in [7, 11) is -1.50. The van der Waals surface area contributed by atoms with Crippen LogP contribution in [0, 0.1) is 0 Å². The number of urea groups is 1. The molecule has 1 aromatic carbocycles. The van der Waals surface area contributed by atoms with E-state index in [9.17, 15) is 18.9 Å². The lowest BCUT2D eigenvalue weighted by Crippen LogP contribution is -2.22. The van der Waals surface area contributed by atoms with E-state index in [1.165, 1.54) is 11.8 Å². The molecule has 0 fully saturated rings. The number of carbonyl (C=O) groups excluding carboxylic acids is 2. The van der Waals surface area contributed by atoms with Gasteiger partial charge >= 0.3 is 6.03 Å². The molecule has 0 aliphatic heterocycles. The van der Waals surface area contributed by atoms with Crippen molar-refractivity contribution in [2.45, 2.75) is 55.8 Å². The van der Waals surface area contributed by atoms with Crippen LogP contribution in [0.3, 0.4) is 0 Å². The zero-order valence-corrected chi connectivity index (χ0v) is 17.9. The Balaban J connectivity index is 0.000000177. The number of aromatic nitrogens is 1. The van der Waals surface area contributed by atoms with Gasteiger partial charge in [-0.15, -0.1) is 11.3 Å². The Morgan fingerprint density at radius 3 is 2.55 bits per heavy atom. The molecule has 0 saturated carbocycles. The summed E-state index contributed by atoms with van der Waals surface area (Å²) in [5.74, 6) is 0.124. The van der Waals surface area contributed by atoms with E-state index in [0.29, 0.717) is 26.9 Å². The Kier molecular flexibility index (Phi) is 6.18. The number of carbonyl (C=O) groups is 2. The first kappa shape index (κ1) is 21.6. The second-order valence-electron chi connectivity index (χ2n) is 7.53. The van der Waals surface area contributed by atoms with Gasteiger partial charge in [-0.25, -0.2) is 19.1 Å². The maximum atomic E-state index is 11.9. The fourth-order valence-corrected chi connectivity index (χ4v) is 4.96. The molecule has 1 atom stereocenters. The molecule has 2 aliphatic rings. The van der Waals surface area contributed by atoms with E-state index >= 15 is 0 Å². The van der Waals surface area contributed by atoms with Crippen molar-refractivity contribution in [3.8, 4) is 0 Å². The Labute approximate surface area is 175 Å². The molecule has 4 rings (SSSR count). The number of rotatable bonds is 3. The number of fused-ring (bicyclic) bond motifs is 2. The first-order valence-electron chi connectivity index (χ1n) is 9.20. The predicted octanol–water partition coefficient (Wildman–Crippen LogP) is 2.15. The fraction of sp³-hybridized carbons (Fsp3) is 0.421. The highest BCUT2D eigenvalue weighted by atomic mass is 32.2. The highest BCUT2D eigenvalue weighted by Gasteiger charge is 2.29. The lowest BCUT2D eigenvalue weighted by atomic mass is 9.98. The predicted molar refractivity (Wildman–Crippen MR) is 112 cm³/mol. The molecule has 0 spiro atoms. The smallest absolute Gasteiger partial charge is 0.316 e. The van der Waals surface area contributed by atoms with Gasteiger partial charge < -0.3 is 16.2 Å². The number of nitrogens with two attached hydrogens (primary N) is 2. The maximum Gasteiger partial charge on any atom is 0.316 e. The largest absolute Gasteiger partial charge is 0.383 e. The number of ketones is 1. The lowest BCUT2D eigenvalue weighted by Gasteiger charge is -2.13. The molecule has 10 heteroatoms. The number of hydrogen-bond acceptors (Lipinski definition) is 6. The van der Waals surface area contributed by atoms with E-state index in [-0.39, 0.29) is 5.78 Å². The van der Waals surface area contributed by atoms with Gasteiger partial charge in [-0.2, -0.15) is 0 Å². The Hall–Kier alpha value is -2.14. The summed E-state index contributed by atoms with van der Waals surface area (Å²) in [5.41, 5.74) is 9.04. The van der Waals surface area contributed by atoms with Gasteiger partial charge in [-0.1, -0.05) is 6.07 Å². The van der Waals surface area contributed by atoms with E-state index in [1.807, 2.05) is 0 Å². The summed E-state index contributed by atoms with van der Waals surface area (Å²) in [6.45, 7) is 3.24. The minimum absolute atomic E-state index is 0.124. The second-order valence-corrected chi connectivity index (χ2v) is 9.85. The molecular formula is C19H24N4O4S2. The van der Waals surface area contributed by atoms with E-state index in [2.05, 4.69) is 16.4 Å². The number of hydrogen-bond donors (Lipinski definition) is 4. The van der Waals surface area contributed by atoms with Gasteiger partial charge in [-0.05, 0) is 56.2 Å². The van der Waals surface area contributed by atoms with Crippen LogP contribution in [0.25, 0.3) is 0 Å². The number of thiazole rings is 1. The number of amides is 2. The van der Waals surface area contributed by atoms with Crippen LogP contribution in [0.2, 0.25) is 0 Å². The molecule has 1 aromatic heterocycles. The molecule has 1 heterocycles. The Morgan fingerprint density at radius 1 is 1.28 bits per heavy atom. The third-order valence-electron chi connectivity index (χ3n) is 4.84. The average molecular weight is 437 g/mol. The molecular weight excluding hydrogens is 412 g/mol.